The van der Waals surface area contributed by atoms with E-state index in [-0.39, 0.29) is 11.8 Å². The highest BCUT2D eigenvalue weighted by molar-refractivity contribution is 6.08. The standard InChI is InChI=1S/C22H28N6O2/c1-14(2)11-23-22(30)20-19(12-24-27(20)5)25-21(29)18-8-6-7-17(10-18)13-28-16(4)9-15(3)26-28/h6-10,12,14H,11,13H2,1-5H3,(H,23,30)(H,25,29). The van der Waals surface area contributed by atoms with Crippen LogP contribution in [0.15, 0.2) is 36.5 Å². The molecule has 0 unspecified atom stereocenters. The second-order valence-corrected chi connectivity index (χ2v) is 7.87. The summed E-state index contributed by atoms with van der Waals surface area (Å²) in [6, 6.07) is 9.40. The van der Waals surface area contributed by atoms with E-state index in [1.165, 1.54) is 10.9 Å². The quantitative estimate of drug-likeness (QED) is 0.629. The van der Waals surface area contributed by atoms with Gasteiger partial charge in [-0.2, -0.15) is 10.2 Å². The number of rotatable bonds is 7. The number of aryl methyl sites for hydroxylation is 3. The average Bonchev–Trinajstić information content (AvgIpc) is 3.21. The Morgan fingerprint density at radius 3 is 2.57 bits per heavy atom. The normalized spacial score (nSPS) is 11.0. The van der Waals surface area contributed by atoms with E-state index >= 15 is 0 Å². The first-order valence-corrected chi connectivity index (χ1v) is 9.96. The zero-order valence-electron chi connectivity index (χ0n) is 18.1. The molecule has 1 aromatic carbocycles. The van der Waals surface area contributed by atoms with Gasteiger partial charge in [0.25, 0.3) is 11.8 Å². The molecule has 3 aromatic rings. The van der Waals surface area contributed by atoms with Crippen LogP contribution in [0.2, 0.25) is 0 Å². The fourth-order valence-corrected chi connectivity index (χ4v) is 3.19. The van der Waals surface area contributed by atoms with Crippen molar-refractivity contribution in [3.63, 3.8) is 0 Å². The fourth-order valence-electron chi connectivity index (χ4n) is 3.19. The van der Waals surface area contributed by atoms with Gasteiger partial charge in [-0.15, -0.1) is 0 Å². The number of carbonyl (C=O) groups excluding carboxylic acids is 2. The number of amides is 2. The summed E-state index contributed by atoms with van der Waals surface area (Å²) in [5, 5.41) is 14.3. The molecule has 2 amide bonds. The van der Waals surface area contributed by atoms with Crippen molar-refractivity contribution in [3.8, 4) is 0 Å². The monoisotopic (exact) mass is 408 g/mol. The molecule has 158 valence electrons. The number of benzene rings is 1. The van der Waals surface area contributed by atoms with E-state index in [1.807, 2.05) is 56.6 Å². The number of carbonyl (C=O) groups is 2. The van der Waals surface area contributed by atoms with Gasteiger partial charge in [-0.3, -0.25) is 19.0 Å². The molecular weight excluding hydrogens is 380 g/mol. The Morgan fingerprint density at radius 2 is 1.90 bits per heavy atom. The molecule has 2 aromatic heterocycles. The summed E-state index contributed by atoms with van der Waals surface area (Å²) in [6.45, 7) is 9.12. The highest BCUT2D eigenvalue weighted by Gasteiger charge is 2.19. The smallest absolute Gasteiger partial charge is 0.271 e. The molecule has 0 saturated heterocycles. The number of nitrogens with one attached hydrogen (secondary N) is 2. The molecule has 2 heterocycles. The van der Waals surface area contributed by atoms with Gasteiger partial charge in [-0.1, -0.05) is 26.0 Å². The van der Waals surface area contributed by atoms with Crippen LogP contribution in [-0.4, -0.2) is 37.9 Å². The second kappa shape index (κ2) is 8.94. The van der Waals surface area contributed by atoms with Gasteiger partial charge in [-0.05, 0) is 43.5 Å². The van der Waals surface area contributed by atoms with Gasteiger partial charge < -0.3 is 10.6 Å². The minimum Gasteiger partial charge on any atom is -0.350 e. The summed E-state index contributed by atoms with van der Waals surface area (Å²) in [4.78, 5) is 25.4. The molecule has 0 aliphatic rings. The zero-order chi connectivity index (χ0) is 21.8. The van der Waals surface area contributed by atoms with Crippen molar-refractivity contribution in [1.29, 1.82) is 0 Å². The van der Waals surface area contributed by atoms with Crippen molar-refractivity contribution in [1.82, 2.24) is 24.9 Å². The summed E-state index contributed by atoms with van der Waals surface area (Å²) in [5.74, 6) is -0.237. The van der Waals surface area contributed by atoms with Crippen LogP contribution in [-0.2, 0) is 13.6 Å². The van der Waals surface area contributed by atoms with Crippen LogP contribution in [0.1, 0.15) is 51.6 Å². The van der Waals surface area contributed by atoms with E-state index in [0.29, 0.717) is 36.0 Å². The van der Waals surface area contributed by atoms with Crippen molar-refractivity contribution < 1.29 is 9.59 Å². The predicted octanol–water partition coefficient (Wildman–Crippen LogP) is 2.92. The molecule has 0 saturated carbocycles. The van der Waals surface area contributed by atoms with Gasteiger partial charge in [0, 0.05) is 24.8 Å². The Balaban J connectivity index is 1.75. The molecule has 30 heavy (non-hydrogen) atoms. The van der Waals surface area contributed by atoms with Crippen molar-refractivity contribution in [2.75, 3.05) is 11.9 Å². The molecule has 8 heteroatoms. The Labute approximate surface area is 176 Å². The Bertz CT molecular complexity index is 1060. The third kappa shape index (κ3) is 4.94. The van der Waals surface area contributed by atoms with Crippen LogP contribution >= 0.6 is 0 Å². The molecule has 0 bridgehead atoms. The summed E-state index contributed by atoms with van der Waals surface area (Å²) < 4.78 is 3.37. The molecule has 3 rings (SSSR count). The number of hydrogen-bond donors (Lipinski definition) is 2. The largest absolute Gasteiger partial charge is 0.350 e. The topological polar surface area (TPSA) is 93.8 Å². The third-order valence-electron chi connectivity index (χ3n) is 4.70. The van der Waals surface area contributed by atoms with Gasteiger partial charge in [0.2, 0.25) is 0 Å². The first-order chi connectivity index (χ1) is 14.2. The van der Waals surface area contributed by atoms with E-state index in [0.717, 1.165) is 17.0 Å². The zero-order valence-corrected chi connectivity index (χ0v) is 18.1. The molecule has 0 aliphatic heterocycles. The predicted molar refractivity (Wildman–Crippen MR) is 116 cm³/mol. The summed E-state index contributed by atoms with van der Waals surface area (Å²) in [7, 11) is 1.68. The highest BCUT2D eigenvalue weighted by atomic mass is 16.2. The number of nitrogens with zero attached hydrogens (tertiary/aromatic N) is 4. The fraction of sp³-hybridized carbons (Fsp3) is 0.364. The average molecular weight is 409 g/mol. The number of hydrogen-bond acceptors (Lipinski definition) is 4. The van der Waals surface area contributed by atoms with E-state index < -0.39 is 0 Å². The lowest BCUT2D eigenvalue weighted by molar-refractivity contribution is 0.0940. The Kier molecular flexibility index (Phi) is 6.34. The molecule has 8 nitrogen and oxygen atoms in total. The van der Waals surface area contributed by atoms with Gasteiger partial charge in [0.05, 0.1) is 24.1 Å². The van der Waals surface area contributed by atoms with E-state index in [9.17, 15) is 9.59 Å². The lowest BCUT2D eigenvalue weighted by Crippen LogP contribution is -2.30. The minimum absolute atomic E-state index is 0.266. The van der Waals surface area contributed by atoms with E-state index in [2.05, 4.69) is 20.8 Å². The van der Waals surface area contributed by atoms with Crippen molar-refractivity contribution in [2.24, 2.45) is 13.0 Å². The van der Waals surface area contributed by atoms with Gasteiger partial charge in [0.15, 0.2) is 0 Å². The molecule has 0 spiro atoms. The SMILES string of the molecule is Cc1cc(C)n(Cc2cccc(C(=O)Nc3cnn(C)c3C(=O)NCC(C)C)c2)n1. The molecule has 0 fully saturated rings. The molecule has 2 N–H and O–H groups in total. The minimum atomic E-state index is -0.295. The maximum Gasteiger partial charge on any atom is 0.271 e. The van der Waals surface area contributed by atoms with Crippen LogP contribution in [0.5, 0.6) is 0 Å². The summed E-state index contributed by atoms with van der Waals surface area (Å²) >= 11 is 0. The summed E-state index contributed by atoms with van der Waals surface area (Å²) in [6.07, 6.45) is 1.49. The van der Waals surface area contributed by atoms with Crippen molar-refractivity contribution in [2.45, 2.75) is 34.2 Å². The van der Waals surface area contributed by atoms with Crippen LogP contribution < -0.4 is 10.6 Å². The molecule has 0 radical (unpaired) electrons. The molecular formula is C22H28N6O2. The molecule has 0 aliphatic carbocycles. The highest BCUT2D eigenvalue weighted by Crippen LogP contribution is 2.17. The maximum absolute atomic E-state index is 12.8. The van der Waals surface area contributed by atoms with Gasteiger partial charge >= 0.3 is 0 Å². The van der Waals surface area contributed by atoms with E-state index in [1.54, 1.807) is 13.1 Å². The Morgan fingerprint density at radius 1 is 1.13 bits per heavy atom. The first kappa shape index (κ1) is 21.3. The lowest BCUT2D eigenvalue weighted by Gasteiger charge is -2.11. The second-order valence-electron chi connectivity index (χ2n) is 7.87. The van der Waals surface area contributed by atoms with Crippen molar-refractivity contribution >= 4 is 17.5 Å². The lowest BCUT2D eigenvalue weighted by atomic mass is 10.1. The van der Waals surface area contributed by atoms with Gasteiger partial charge in [0.1, 0.15) is 5.69 Å². The van der Waals surface area contributed by atoms with Crippen molar-refractivity contribution in [3.05, 3.63) is 64.7 Å². The van der Waals surface area contributed by atoms with Crippen LogP contribution in [0, 0.1) is 19.8 Å². The Hall–Kier alpha value is -3.42. The maximum atomic E-state index is 12.8. The third-order valence-corrected chi connectivity index (χ3v) is 4.70. The van der Waals surface area contributed by atoms with Crippen LogP contribution in [0.25, 0.3) is 0 Å². The first-order valence-electron chi connectivity index (χ1n) is 9.96. The summed E-state index contributed by atoms with van der Waals surface area (Å²) in [5.41, 5.74) is 4.20. The van der Waals surface area contributed by atoms with Crippen LogP contribution in [0.3, 0.4) is 0 Å². The van der Waals surface area contributed by atoms with E-state index in [4.69, 9.17) is 0 Å². The van der Waals surface area contributed by atoms with Crippen LogP contribution in [0.4, 0.5) is 5.69 Å². The van der Waals surface area contributed by atoms with Gasteiger partial charge in [-0.25, -0.2) is 0 Å². The number of anilines is 1. The molecule has 0 atom stereocenters. The number of aromatic nitrogens is 4.